The van der Waals surface area contributed by atoms with Crippen LogP contribution in [0.2, 0.25) is 0 Å². The van der Waals surface area contributed by atoms with Crippen molar-refractivity contribution in [3.8, 4) is 0 Å². The molecule has 0 saturated heterocycles. The second-order valence-electron chi connectivity index (χ2n) is 3.46. The van der Waals surface area contributed by atoms with Crippen LogP contribution in [0.3, 0.4) is 0 Å². The van der Waals surface area contributed by atoms with Crippen molar-refractivity contribution in [2.75, 3.05) is 12.3 Å². The van der Waals surface area contributed by atoms with E-state index in [0.29, 0.717) is 12.6 Å². The molecule has 88 valence electrons. The zero-order valence-electron chi connectivity index (χ0n) is 9.02. The van der Waals surface area contributed by atoms with E-state index in [1.54, 1.807) is 0 Å². The van der Waals surface area contributed by atoms with Crippen LogP contribution in [0.15, 0.2) is 12.1 Å². The lowest BCUT2D eigenvalue weighted by molar-refractivity contribution is 0.0949. The maximum atomic E-state index is 13.2. The van der Waals surface area contributed by atoms with Crippen molar-refractivity contribution >= 4 is 11.6 Å². The number of nitrogens with two attached hydrogens (primary N) is 1. The molecule has 0 heterocycles. The van der Waals surface area contributed by atoms with Crippen molar-refractivity contribution < 1.29 is 13.6 Å². The number of unbranched alkanes of at least 4 members (excludes halogenated alkanes) is 1. The Bertz CT molecular complexity index is 394. The van der Waals surface area contributed by atoms with Crippen LogP contribution in [0.4, 0.5) is 14.5 Å². The normalized spacial score (nSPS) is 10.2. The van der Waals surface area contributed by atoms with Gasteiger partial charge in [0.15, 0.2) is 0 Å². The number of carbonyl (C=O) groups is 1. The minimum absolute atomic E-state index is 0.227. The summed E-state index contributed by atoms with van der Waals surface area (Å²) in [7, 11) is 0. The highest BCUT2D eigenvalue weighted by Gasteiger charge is 2.14. The lowest BCUT2D eigenvalue weighted by Gasteiger charge is -2.06. The van der Waals surface area contributed by atoms with E-state index >= 15 is 0 Å². The quantitative estimate of drug-likeness (QED) is 0.612. The van der Waals surface area contributed by atoms with Crippen molar-refractivity contribution in [1.29, 1.82) is 0 Å². The molecule has 0 fully saturated rings. The first-order valence-electron chi connectivity index (χ1n) is 5.09. The smallest absolute Gasteiger partial charge is 0.254 e. The van der Waals surface area contributed by atoms with Crippen LogP contribution in [0.1, 0.15) is 30.1 Å². The SMILES string of the molecule is CCCCNC(=O)c1cc(N)c(F)cc1F. The first-order chi connectivity index (χ1) is 7.56. The molecular weight excluding hydrogens is 214 g/mol. The summed E-state index contributed by atoms with van der Waals surface area (Å²) in [5, 5.41) is 2.53. The predicted octanol–water partition coefficient (Wildman–Crippen LogP) is 2.08. The highest BCUT2D eigenvalue weighted by molar-refractivity contribution is 5.95. The van der Waals surface area contributed by atoms with Gasteiger partial charge in [0.2, 0.25) is 0 Å². The van der Waals surface area contributed by atoms with Gasteiger partial charge in [-0.2, -0.15) is 0 Å². The number of carbonyl (C=O) groups excluding carboxylic acids is 1. The molecule has 0 radical (unpaired) electrons. The van der Waals surface area contributed by atoms with Gasteiger partial charge in [0.05, 0.1) is 11.3 Å². The summed E-state index contributed by atoms with van der Waals surface area (Å²) in [5.74, 6) is -2.33. The maximum Gasteiger partial charge on any atom is 0.254 e. The van der Waals surface area contributed by atoms with Gasteiger partial charge in [-0.15, -0.1) is 0 Å². The molecule has 1 rings (SSSR count). The number of rotatable bonds is 4. The van der Waals surface area contributed by atoms with Crippen LogP contribution in [0.25, 0.3) is 0 Å². The Morgan fingerprint density at radius 1 is 1.38 bits per heavy atom. The van der Waals surface area contributed by atoms with Gasteiger partial charge in [0.25, 0.3) is 5.91 Å². The number of hydrogen-bond acceptors (Lipinski definition) is 2. The molecule has 0 spiro atoms. The van der Waals surface area contributed by atoms with Gasteiger partial charge >= 0.3 is 0 Å². The maximum absolute atomic E-state index is 13.2. The van der Waals surface area contributed by atoms with E-state index < -0.39 is 17.5 Å². The highest BCUT2D eigenvalue weighted by atomic mass is 19.1. The van der Waals surface area contributed by atoms with Crippen LogP contribution >= 0.6 is 0 Å². The lowest BCUT2D eigenvalue weighted by atomic mass is 10.1. The minimum atomic E-state index is -0.902. The van der Waals surface area contributed by atoms with Crippen LogP contribution < -0.4 is 11.1 Å². The van der Waals surface area contributed by atoms with E-state index in [4.69, 9.17) is 5.73 Å². The molecule has 3 nitrogen and oxygen atoms in total. The molecular formula is C11H14F2N2O. The van der Waals surface area contributed by atoms with E-state index in [9.17, 15) is 13.6 Å². The first kappa shape index (κ1) is 12.4. The molecule has 0 unspecified atom stereocenters. The predicted molar refractivity (Wildman–Crippen MR) is 58.0 cm³/mol. The second-order valence-corrected chi connectivity index (χ2v) is 3.46. The number of amides is 1. The number of nitrogens with one attached hydrogen (secondary N) is 1. The summed E-state index contributed by atoms with van der Waals surface area (Å²) in [6.07, 6.45) is 1.73. The van der Waals surface area contributed by atoms with Crippen molar-refractivity contribution in [1.82, 2.24) is 5.32 Å². The molecule has 0 aliphatic heterocycles. The van der Waals surface area contributed by atoms with Gasteiger partial charge < -0.3 is 11.1 Å². The van der Waals surface area contributed by atoms with Gasteiger partial charge in [-0.25, -0.2) is 8.78 Å². The fraction of sp³-hybridized carbons (Fsp3) is 0.364. The van der Waals surface area contributed by atoms with Crippen LogP contribution in [0.5, 0.6) is 0 Å². The third kappa shape index (κ3) is 2.92. The van der Waals surface area contributed by atoms with Gasteiger partial charge in [0, 0.05) is 12.6 Å². The Hall–Kier alpha value is -1.65. The summed E-state index contributed by atoms with van der Waals surface area (Å²) in [6, 6.07) is 1.62. The Labute approximate surface area is 92.6 Å². The van der Waals surface area contributed by atoms with E-state index in [-0.39, 0.29) is 11.3 Å². The zero-order chi connectivity index (χ0) is 12.1. The summed E-state index contributed by atoms with van der Waals surface area (Å²) in [6.45, 7) is 2.44. The van der Waals surface area contributed by atoms with Gasteiger partial charge in [-0.3, -0.25) is 4.79 Å². The van der Waals surface area contributed by atoms with E-state index in [0.717, 1.165) is 18.9 Å². The molecule has 16 heavy (non-hydrogen) atoms. The lowest BCUT2D eigenvalue weighted by Crippen LogP contribution is -2.25. The third-order valence-corrected chi connectivity index (χ3v) is 2.15. The Morgan fingerprint density at radius 3 is 2.69 bits per heavy atom. The molecule has 5 heteroatoms. The van der Waals surface area contributed by atoms with Gasteiger partial charge in [0.1, 0.15) is 11.6 Å². The third-order valence-electron chi connectivity index (χ3n) is 2.15. The van der Waals surface area contributed by atoms with Gasteiger partial charge in [-0.1, -0.05) is 13.3 Å². The van der Waals surface area contributed by atoms with E-state index in [2.05, 4.69) is 5.32 Å². The average molecular weight is 228 g/mol. The fourth-order valence-electron chi connectivity index (χ4n) is 1.21. The molecule has 0 saturated carbocycles. The summed E-state index contributed by atoms with van der Waals surface area (Å²) in [4.78, 5) is 11.5. The topological polar surface area (TPSA) is 55.1 Å². The summed E-state index contributed by atoms with van der Waals surface area (Å²) in [5.41, 5.74) is 4.80. The summed E-state index contributed by atoms with van der Waals surface area (Å²) >= 11 is 0. The van der Waals surface area contributed by atoms with Crippen LogP contribution in [0, 0.1) is 11.6 Å². The molecule has 1 aromatic rings. The minimum Gasteiger partial charge on any atom is -0.396 e. The Morgan fingerprint density at radius 2 is 2.06 bits per heavy atom. The fourth-order valence-corrected chi connectivity index (χ4v) is 1.21. The number of hydrogen-bond donors (Lipinski definition) is 2. The Balaban J connectivity index is 2.79. The molecule has 0 atom stereocenters. The van der Waals surface area contributed by atoms with Crippen molar-refractivity contribution in [3.63, 3.8) is 0 Å². The number of halogens is 2. The number of nitrogen functional groups attached to an aromatic ring is 1. The van der Waals surface area contributed by atoms with E-state index in [1.807, 2.05) is 6.92 Å². The standard InChI is InChI=1S/C11H14F2N2O/c1-2-3-4-15-11(16)7-5-10(14)9(13)6-8(7)12/h5-6H,2-4,14H2,1H3,(H,15,16). The number of benzene rings is 1. The molecule has 1 amide bonds. The average Bonchev–Trinajstić information content (AvgIpc) is 2.23. The number of anilines is 1. The van der Waals surface area contributed by atoms with E-state index in [1.165, 1.54) is 0 Å². The highest BCUT2D eigenvalue weighted by Crippen LogP contribution is 2.16. The molecule has 0 aromatic heterocycles. The largest absolute Gasteiger partial charge is 0.396 e. The van der Waals surface area contributed by atoms with Crippen molar-refractivity contribution in [2.45, 2.75) is 19.8 Å². The molecule has 0 bridgehead atoms. The van der Waals surface area contributed by atoms with Crippen LogP contribution in [-0.4, -0.2) is 12.5 Å². The monoisotopic (exact) mass is 228 g/mol. The van der Waals surface area contributed by atoms with Crippen LogP contribution in [-0.2, 0) is 0 Å². The van der Waals surface area contributed by atoms with Gasteiger partial charge in [-0.05, 0) is 12.5 Å². The zero-order valence-corrected chi connectivity index (χ0v) is 9.02. The molecule has 3 N–H and O–H groups in total. The molecule has 0 aliphatic carbocycles. The van der Waals surface area contributed by atoms with Crippen molar-refractivity contribution in [3.05, 3.63) is 29.3 Å². The van der Waals surface area contributed by atoms with Crippen molar-refractivity contribution in [2.24, 2.45) is 0 Å². The second kappa shape index (κ2) is 5.44. The molecule has 1 aromatic carbocycles. The molecule has 0 aliphatic rings. The summed E-state index contributed by atoms with van der Waals surface area (Å²) < 4.78 is 26.1. The Kier molecular flexibility index (Phi) is 4.22. The first-order valence-corrected chi connectivity index (χ1v) is 5.09.